The van der Waals surface area contributed by atoms with E-state index in [9.17, 15) is 0 Å². The van der Waals surface area contributed by atoms with Crippen LogP contribution in [0.3, 0.4) is 0 Å². The third-order valence-electron chi connectivity index (χ3n) is 4.13. The van der Waals surface area contributed by atoms with E-state index in [1.54, 1.807) is 14.2 Å². The van der Waals surface area contributed by atoms with Crippen molar-refractivity contribution in [3.05, 3.63) is 23.8 Å². The summed E-state index contributed by atoms with van der Waals surface area (Å²) in [5, 5.41) is 6.68. The molecule has 2 N–H and O–H groups in total. The Morgan fingerprint density at radius 1 is 1.07 bits per heavy atom. The molecule has 0 aliphatic carbocycles. The fraction of sp³-hybridized carbons (Fsp3) is 0.667. The molecule has 0 heterocycles. The van der Waals surface area contributed by atoms with Gasteiger partial charge < -0.3 is 29.7 Å². The van der Waals surface area contributed by atoms with Crippen molar-refractivity contribution in [3.8, 4) is 11.5 Å². The lowest BCUT2D eigenvalue weighted by Crippen LogP contribution is -2.41. The highest BCUT2D eigenvalue weighted by molar-refractivity contribution is 5.79. The Morgan fingerprint density at radius 2 is 1.89 bits per heavy atom. The van der Waals surface area contributed by atoms with Crippen molar-refractivity contribution < 1.29 is 14.2 Å². The van der Waals surface area contributed by atoms with Gasteiger partial charge in [-0.25, -0.2) is 4.99 Å². The van der Waals surface area contributed by atoms with Gasteiger partial charge >= 0.3 is 0 Å². The van der Waals surface area contributed by atoms with Gasteiger partial charge in [0, 0.05) is 39.9 Å². The molecular formula is C21H38N4O3. The summed E-state index contributed by atoms with van der Waals surface area (Å²) >= 11 is 0. The third-order valence-corrected chi connectivity index (χ3v) is 4.13. The summed E-state index contributed by atoms with van der Waals surface area (Å²) in [4.78, 5) is 6.97. The van der Waals surface area contributed by atoms with Crippen LogP contribution in [-0.4, -0.2) is 71.5 Å². The third kappa shape index (κ3) is 9.80. The lowest BCUT2D eigenvalue weighted by atomic mass is 10.2. The minimum atomic E-state index is 0.573. The van der Waals surface area contributed by atoms with E-state index in [-0.39, 0.29) is 0 Å². The molecule has 1 aromatic rings. The summed E-state index contributed by atoms with van der Waals surface area (Å²) in [6.45, 7) is 9.84. The standard InChI is InChI=1S/C21H38N4O3/c1-6-14-28-19-10-9-18(16-20(19)27-5)17-24-21(22-7-2)23-11-13-25(3)12-8-15-26-4/h9-10,16H,6-8,11-15,17H2,1-5H3,(H2,22,23,24). The average Bonchev–Trinajstić information content (AvgIpc) is 2.70. The van der Waals surface area contributed by atoms with Crippen LogP contribution in [0.1, 0.15) is 32.3 Å². The van der Waals surface area contributed by atoms with E-state index in [1.807, 2.05) is 18.2 Å². The fourth-order valence-electron chi connectivity index (χ4n) is 2.61. The summed E-state index contributed by atoms with van der Waals surface area (Å²) in [5.41, 5.74) is 1.08. The number of hydrogen-bond acceptors (Lipinski definition) is 5. The Morgan fingerprint density at radius 3 is 2.57 bits per heavy atom. The van der Waals surface area contributed by atoms with Gasteiger partial charge in [-0.1, -0.05) is 13.0 Å². The van der Waals surface area contributed by atoms with Crippen LogP contribution in [0.5, 0.6) is 11.5 Å². The largest absolute Gasteiger partial charge is 0.493 e. The maximum atomic E-state index is 5.71. The van der Waals surface area contributed by atoms with Gasteiger partial charge in [-0.15, -0.1) is 0 Å². The highest BCUT2D eigenvalue weighted by Gasteiger charge is 2.06. The number of nitrogens with one attached hydrogen (secondary N) is 2. The van der Waals surface area contributed by atoms with Gasteiger partial charge in [0.25, 0.3) is 0 Å². The minimum absolute atomic E-state index is 0.573. The van der Waals surface area contributed by atoms with Crippen molar-refractivity contribution in [1.29, 1.82) is 0 Å². The first-order chi connectivity index (χ1) is 13.6. The van der Waals surface area contributed by atoms with E-state index in [1.165, 1.54) is 0 Å². The van der Waals surface area contributed by atoms with Gasteiger partial charge in [-0.05, 0) is 44.5 Å². The van der Waals surface area contributed by atoms with Crippen molar-refractivity contribution in [1.82, 2.24) is 15.5 Å². The molecule has 0 aliphatic heterocycles. The van der Waals surface area contributed by atoms with Gasteiger partial charge in [-0.3, -0.25) is 0 Å². The maximum absolute atomic E-state index is 5.71. The van der Waals surface area contributed by atoms with Crippen LogP contribution < -0.4 is 20.1 Å². The molecule has 0 spiro atoms. The van der Waals surface area contributed by atoms with Gasteiger partial charge in [-0.2, -0.15) is 0 Å². The fourth-order valence-corrected chi connectivity index (χ4v) is 2.61. The molecule has 0 aromatic heterocycles. The van der Waals surface area contributed by atoms with Crippen molar-refractivity contribution in [2.75, 3.05) is 60.7 Å². The summed E-state index contributed by atoms with van der Waals surface area (Å²) in [5.74, 6) is 2.34. The van der Waals surface area contributed by atoms with E-state index in [4.69, 9.17) is 14.2 Å². The molecular weight excluding hydrogens is 356 g/mol. The van der Waals surface area contributed by atoms with Crippen LogP contribution in [0.25, 0.3) is 0 Å². The molecule has 0 atom stereocenters. The van der Waals surface area contributed by atoms with Crippen LogP contribution in [0.15, 0.2) is 23.2 Å². The number of ether oxygens (including phenoxy) is 3. The molecule has 0 saturated carbocycles. The molecule has 0 saturated heterocycles. The Balaban J connectivity index is 2.56. The lowest BCUT2D eigenvalue weighted by Gasteiger charge is -2.18. The van der Waals surface area contributed by atoms with Gasteiger partial charge in [0.15, 0.2) is 17.5 Å². The number of rotatable bonds is 14. The number of guanidine groups is 1. The highest BCUT2D eigenvalue weighted by Crippen LogP contribution is 2.28. The molecule has 1 rings (SSSR count). The number of likely N-dealkylation sites (N-methyl/N-ethyl adjacent to an activating group) is 1. The number of methoxy groups -OCH3 is 2. The number of nitrogens with zero attached hydrogens (tertiary/aromatic N) is 2. The monoisotopic (exact) mass is 394 g/mol. The maximum Gasteiger partial charge on any atom is 0.191 e. The normalized spacial score (nSPS) is 11.6. The zero-order chi connectivity index (χ0) is 20.6. The van der Waals surface area contributed by atoms with Gasteiger partial charge in [0.05, 0.1) is 20.3 Å². The summed E-state index contributed by atoms with van der Waals surface area (Å²) < 4.78 is 16.3. The lowest BCUT2D eigenvalue weighted by molar-refractivity contribution is 0.180. The Labute approximate surface area is 170 Å². The second-order valence-electron chi connectivity index (χ2n) is 6.61. The first kappa shape index (κ1) is 24.0. The average molecular weight is 395 g/mol. The van der Waals surface area contributed by atoms with Crippen molar-refractivity contribution in [2.24, 2.45) is 4.99 Å². The molecule has 7 heteroatoms. The summed E-state index contributed by atoms with van der Waals surface area (Å²) in [6, 6.07) is 5.97. The van der Waals surface area contributed by atoms with E-state index in [0.717, 1.165) is 68.6 Å². The molecule has 0 fully saturated rings. The predicted octanol–water partition coefficient (Wildman–Crippen LogP) is 2.51. The van der Waals surface area contributed by atoms with Crippen LogP contribution in [-0.2, 0) is 11.3 Å². The second kappa shape index (κ2) is 15.0. The molecule has 160 valence electrons. The number of hydrogen-bond donors (Lipinski definition) is 2. The molecule has 0 bridgehead atoms. The Bertz CT molecular complexity index is 567. The smallest absolute Gasteiger partial charge is 0.191 e. The number of aliphatic imine (C=N–C) groups is 1. The molecule has 0 radical (unpaired) electrons. The van der Waals surface area contributed by atoms with Crippen LogP contribution in [0, 0.1) is 0 Å². The summed E-state index contributed by atoms with van der Waals surface area (Å²) in [7, 11) is 5.52. The van der Waals surface area contributed by atoms with Gasteiger partial charge in [0.1, 0.15) is 0 Å². The van der Waals surface area contributed by atoms with E-state index >= 15 is 0 Å². The van der Waals surface area contributed by atoms with Crippen molar-refractivity contribution >= 4 is 5.96 Å². The topological polar surface area (TPSA) is 67.4 Å². The SMILES string of the molecule is CCCOc1ccc(CN=C(NCC)NCCN(C)CCCOC)cc1OC. The van der Waals surface area contributed by atoms with Crippen molar-refractivity contribution in [2.45, 2.75) is 33.2 Å². The van der Waals surface area contributed by atoms with Crippen LogP contribution in [0.4, 0.5) is 0 Å². The second-order valence-corrected chi connectivity index (χ2v) is 6.61. The van der Waals surface area contributed by atoms with Crippen LogP contribution in [0.2, 0.25) is 0 Å². The minimum Gasteiger partial charge on any atom is -0.493 e. The zero-order valence-electron chi connectivity index (χ0n) is 18.2. The van der Waals surface area contributed by atoms with Crippen molar-refractivity contribution in [3.63, 3.8) is 0 Å². The Kier molecular flexibility index (Phi) is 12.9. The summed E-state index contributed by atoms with van der Waals surface area (Å²) in [6.07, 6.45) is 2.01. The first-order valence-corrected chi connectivity index (χ1v) is 10.1. The molecule has 0 unspecified atom stereocenters. The highest BCUT2D eigenvalue weighted by atomic mass is 16.5. The quantitative estimate of drug-likeness (QED) is 0.287. The molecule has 7 nitrogen and oxygen atoms in total. The predicted molar refractivity (Wildman–Crippen MR) is 116 cm³/mol. The first-order valence-electron chi connectivity index (χ1n) is 10.1. The molecule has 0 amide bonds. The van der Waals surface area contributed by atoms with E-state index < -0.39 is 0 Å². The van der Waals surface area contributed by atoms with Gasteiger partial charge in [0.2, 0.25) is 0 Å². The number of benzene rings is 1. The molecule has 0 aliphatic rings. The molecule has 1 aromatic carbocycles. The van der Waals surface area contributed by atoms with E-state index in [2.05, 4.69) is 41.4 Å². The van der Waals surface area contributed by atoms with Crippen LogP contribution >= 0.6 is 0 Å². The zero-order valence-corrected chi connectivity index (χ0v) is 18.2. The Hall–Kier alpha value is -1.99. The molecule has 28 heavy (non-hydrogen) atoms. The van der Waals surface area contributed by atoms with E-state index in [0.29, 0.717) is 13.2 Å².